The molecule has 188 valence electrons. The Morgan fingerprint density at radius 3 is 1.55 bits per heavy atom. The van der Waals surface area contributed by atoms with E-state index in [0.717, 1.165) is 5.56 Å². The van der Waals surface area contributed by atoms with Gasteiger partial charge in [0.15, 0.2) is 0 Å². The first-order valence-electron chi connectivity index (χ1n) is 11.8. The molecule has 2 atom stereocenters. The van der Waals surface area contributed by atoms with Gasteiger partial charge in [0.2, 0.25) is 0 Å². The molecule has 0 aliphatic carbocycles. The first kappa shape index (κ1) is 28.6. The van der Waals surface area contributed by atoms with Crippen molar-refractivity contribution in [3.05, 3.63) is 69.3 Å². The van der Waals surface area contributed by atoms with E-state index in [1.54, 1.807) is 0 Å². The number of rotatable bonds is 10. The Morgan fingerprint density at radius 1 is 0.758 bits per heavy atom. The van der Waals surface area contributed by atoms with Crippen LogP contribution in [0.4, 0.5) is 0 Å². The summed E-state index contributed by atoms with van der Waals surface area (Å²) in [5.41, 5.74) is 22.4. The Bertz CT molecular complexity index is 878. The molecule has 0 aromatic heterocycles. The third-order valence-electron chi connectivity index (χ3n) is 6.39. The molecule has 0 radical (unpaired) electrons. The van der Waals surface area contributed by atoms with Crippen molar-refractivity contribution in [2.45, 2.75) is 85.2 Å². The summed E-state index contributed by atoms with van der Waals surface area (Å²) >= 11 is -1.35. The zero-order valence-corrected chi connectivity index (χ0v) is 23.9. The number of hydrogen-bond donors (Lipinski definition) is 2. The molecule has 0 amide bonds. The Hall–Kier alpha value is -0.594. The van der Waals surface area contributed by atoms with Crippen molar-refractivity contribution in [1.82, 2.24) is 3.95 Å². The predicted octanol–water partition coefficient (Wildman–Crippen LogP) is 7.52. The van der Waals surface area contributed by atoms with Crippen molar-refractivity contribution in [3.63, 3.8) is 0 Å². The number of hydrogen-bond acceptors (Lipinski definition) is 3. The van der Waals surface area contributed by atoms with Crippen LogP contribution in [0, 0.1) is 13.8 Å². The predicted molar refractivity (Wildman–Crippen MR) is 142 cm³/mol. The van der Waals surface area contributed by atoms with E-state index in [2.05, 4.69) is 89.7 Å². The summed E-state index contributed by atoms with van der Waals surface area (Å²) < 4.78 is 2.06. The molecule has 0 spiro atoms. The molecule has 0 saturated carbocycles. The van der Waals surface area contributed by atoms with Crippen LogP contribution in [-0.2, 0) is 12.1 Å². The maximum atomic E-state index is 6.92. The van der Waals surface area contributed by atoms with Gasteiger partial charge in [-0.1, -0.05) is 0 Å². The fourth-order valence-electron chi connectivity index (χ4n) is 4.61. The van der Waals surface area contributed by atoms with Crippen LogP contribution < -0.4 is 11.5 Å². The zero-order valence-electron chi connectivity index (χ0n) is 21.4. The molecule has 0 bridgehead atoms. The van der Waals surface area contributed by atoms with Gasteiger partial charge in [0.1, 0.15) is 0 Å². The minimum absolute atomic E-state index is 0.183. The Kier molecular flexibility index (Phi) is 10.8. The van der Waals surface area contributed by atoms with Crippen LogP contribution in [-0.4, -0.2) is 17.0 Å². The summed E-state index contributed by atoms with van der Waals surface area (Å²) in [4.78, 5) is 0. The normalized spacial score (nSPS) is 14.5. The number of aryl methyl sites for hydroxylation is 2. The molecule has 6 heteroatoms. The van der Waals surface area contributed by atoms with E-state index in [0.29, 0.717) is 30.8 Å². The molecular formula is C27H42Cl2CoN3. The van der Waals surface area contributed by atoms with Crippen LogP contribution in [0.3, 0.4) is 0 Å². The van der Waals surface area contributed by atoms with E-state index in [-0.39, 0.29) is 12.1 Å². The summed E-state index contributed by atoms with van der Waals surface area (Å²) in [5.74, 6) is 1.22. The Balaban J connectivity index is 2.41. The van der Waals surface area contributed by atoms with Gasteiger partial charge in [-0.3, -0.25) is 0 Å². The van der Waals surface area contributed by atoms with Crippen LogP contribution in [0.1, 0.15) is 110 Å². The molecule has 0 aliphatic heterocycles. The van der Waals surface area contributed by atoms with Gasteiger partial charge < -0.3 is 0 Å². The quantitative estimate of drug-likeness (QED) is 0.329. The van der Waals surface area contributed by atoms with Crippen LogP contribution >= 0.6 is 20.3 Å². The average molecular weight is 538 g/mol. The van der Waals surface area contributed by atoms with Crippen LogP contribution in [0.15, 0.2) is 30.3 Å². The summed E-state index contributed by atoms with van der Waals surface area (Å²) in [6.45, 7) is 18.8. The molecule has 0 fully saturated rings. The molecule has 33 heavy (non-hydrogen) atoms. The number of nitrogens with two attached hydrogens (primary N) is 2. The fourth-order valence-corrected chi connectivity index (χ4v) is 6.07. The Labute approximate surface area is 214 Å². The van der Waals surface area contributed by atoms with Gasteiger partial charge in [0.05, 0.1) is 0 Å². The molecule has 4 N–H and O–H groups in total. The minimum atomic E-state index is -1.35. The second kappa shape index (κ2) is 12.4. The third kappa shape index (κ3) is 7.20. The van der Waals surface area contributed by atoms with E-state index in [4.69, 9.17) is 31.8 Å². The van der Waals surface area contributed by atoms with Crippen molar-refractivity contribution < 1.29 is 12.1 Å². The van der Waals surface area contributed by atoms with Crippen molar-refractivity contribution in [1.29, 1.82) is 0 Å². The molecule has 3 nitrogen and oxygen atoms in total. The molecular weight excluding hydrogens is 496 g/mol. The van der Waals surface area contributed by atoms with Crippen molar-refractivity contribution in [2.24, 2.45) is 11.5 Å². The molecule has 0 saturated heterocycles. The van der Waals surface area contributed by atoms with Crippen molar-refractivity contribution in [2.75, 3.05) is 13.1 Å². The van der Waals surface area contributed by atoms with Crippen molar-refractivity contribution in [3.8, 4) is 0 Å². The maximum absolute atomic E-state index is 6.92. The summed E-state index contributed by atoms with van der Waals surface area (Å²) in [6, 6.07) is 10.6. The molecule has 2 rings (SSSR count). The van der Waals surface area contributed by atoms with Crippen LogP contribution in [0.25, 0.3) is 0 Å². The first-order valence-corrected chi connectivity index (χ1v) is 15.2. The average Bonchev–Trinajstić information content (AvgIpc) is 2.71. The summed E-state index contributed by atoms with van der Waals surface area (Å²) in [5, 5.41) is 0. The molecule has 0 aliphatic rings. The van der Waals surface area contributed by atoms with Gasteiger partial charge in [0.25, 0.3) is 0 Å². The standard InChI is InChI=1S/C27H42N3.2ClH.Co/c1-16(2)21-12-22(17(3)4)27(23(13-21)18(5)6)25(29)15-30-14-24(28)26-19(7)10-9-11-20(26)8;;;/h9-13,16-18,24-25H,14-15,28-29H2,1-8H3;2*1H;/q-1;;;+3/p-2. The van der Waals surface area contributed by atoms with Gasteiger partial charge >= 0.3 is 215 Å². The number of benzene rings is 2. The van der Waals surface area contributed by atoms with E-state index < -0.39 is 12.1 Å². The fraction of sp³-hybridized carbons (Fsp3) is 0.556. The van der Waals surface area contributed by atoms with Crippen LogP contribution in [0.5, 0.6) is 0 Å². The van der Waals surface area contributed by atoms with E-state index in [1.807, 2.05) is 0 Å². The van der Waals surface area contributed by atoms with E-state index in [9.17, 15) is 0 Å². The topological polar surface area (TPSA) is 55.3 Å². The van der Waals surface area contributed by atoms with Gasteiger partial charge in [0, 0.05) is 0 Å². The summed E-state index contributed by atoms with van der Waals surface area (Å²) in [6.07, 6.45) is 0. The molecule has 2 aromatic carbocycles. The van der Waals surface area contributed by atoms with Gasteiger partial charge in [-0.2, -0.15) is 0 Å². The second-order valence-corrected chi connectivity index (χ2v) is 13.7. The molecule has 0 heterocycles. The van der Waals surface area contributed by atoms with Gasteiger partial charge in [-0.25, -0.2) is 0 Å². The SMILES string of the molecule is Cc1cccc(C)c1C(N)C[N](CC(N)c1c(C(C)C)cc(C(C)C)cc1C(C)C)[Co]([Cl])[Cl]. The molecule has 2 aromatic rings. The number of nitrogens with zero attached hydrogens (tertiary/aromatic N) is 1. The zero-order chi connectivity index (χ0) is 25.0. The van der Waals surface area contributed by atoms with Gasteiger partial charge in [-0.05, 0) is 0 Å². The number of halogens is 2. The van der Waals surface area contributed by atoms with E-state index in [1.165, 1.54) is 33.4 Å². The Morgan fingerprint density at radius 2 is 1.18 bits per heavy atom. The first-order chi connectivity index (χ1) is 15.3. The van der Waals surface area contributed by atoms with Gasteiger partial charge in [-0.15, -0.1) is 0 Å². The summed E-state index contributed by atoms with van der Waals surface area (Å²) in [7, 11) is 13.0. The monoisotopic (exact) mass is 537 g/mol. The van der Waals surface area contributed by atoms with Crippen LogP contribution in [0.2, 0.25) is 0 Å². The second-order valence-electron chi connectivity index (χ2n) is 10.1. The molecule has 2 unspecified atom stereocenters. The third-order valence-corrected chi connectivity index (χ3v) is 8.59. The van der Waals surface area contributed by atoms with E-state index >= 15 is 0 Å². The van der Waals surface area contributed by atoms with Crippen molar-refractivity contribution >= 4 is 20.3 Å².